The van der Waals surface area contributed by atoms with Gasteiger partial charge < -0.3 is 10.6 Å². The summed E-state index contributed by atoms with van der Waals surface area (Å²) in [6.45, 7) is 2.03. The van der Waals surface area contributed by atoms with Crippen LogP contribution in [0.2, 0.25) is 0 Å². The molecular weight excluding hydrogens is 401 g/mol. The van der Waals surface area contributed by atoms with E-state index in [0.717, 1.165) is 34.6 Å². The number of aromatic nitrogens is 2. The normalized spacial score (nSPS) is 11.2. The Labute approximate surface area is 177 Å². The van der Waals surface area contributed by atoms with Crippen molar-refractivity contribution >= 4 is 22.9 Å². The minimum atomic E-state index is -4.37. The Bertz CT molecular complexity index is 1190. The Morgan fingerprint density at radius 2 is 1.52 bits per heavy atom. The maximum absolute atomic E-state index is 12.8. The molecule has 3 aromatic carbocycles. The molecule has 2 N–H and O–H groups in total. The molecule has 0 atom stereocenters. The second-order valence-corrected chi connectivity index (χ2v) is 7.03. The number of anilines is 4. The zero-order chi connectivity index (χ0) is 21.8. The summed E-state index contributed by atoms with van der Waals surface area (Å²) in [5.41, 5.74) is 4.35. The van der Waals surface area contributed by atoms with Crippen molar-refractivity contribution in [1.82, 2.24) is 9.97 Å². The third-order valence-electron chi connectivity index (χ3n) is 4.65. The van der Waals surface area contributed by atoms with Crippen LogP contribution in [0.3, 0.4) is 0 Å². The van der Waals surface area contributed by atoms with Gasteiger partial charge in [0.1, 0.15) is 12.1 Å². The van der Waals surface area contributed by atoms with Gasteiger partial charge in [0.05, 0.1) is 11.3 Å². The molecule has 0 saturated carbocycles. The van der Waals surface area contributed by atoms with Crippen LogP contribution in [0.25, 0.3) is 11.3 Å². The molecule has 1 heterocycles. The standard InChI is InChI=1S/C24H19F3N4/c1-16-5-4-6-19(13-16)30-21-8-3-2-7-20(21)22-14-23(29-15-28-22)31-18-11-9-17(10-12-18)24(25,26)27/h2-15,30H,1H3,(H,28,29,31). The summed E-state index contributed by atoms with van der Waals surface area (Å²) in [4.78, 5) is 8.57. The molecule has 4 rings (SSSR count). The quantitative estimate of drug-likeness (QED) is 0.366. The Hall–Kier alpha value is -3.87. The molecule has 4 nitrogen and oxygen atoms in total. The molecule has 0 aliphatic rings. The van der Waals surface area contributed by atoms with Crippen LogP contribution >= 0.6 is 0 Å². The highest BCUT2D eigenvalue weighted by atomic mass is 19.4. The van der Waals surface area contributed by atoms with Gasteiger partial charge in [0.2, 0.25) is 0 Å². The summed E-state index contributed by atoms with van der Waals surface area (Å²) in [6, 6.07) is 22.4. The molecule has 0 bridgehead atoms. The van der Waals surface area contributed by atoms with E-state index in [0.29, 0.717) is 17.2 Å². The van der Waals surface area contributed by atoms with Crippen LogP contribution < -0.4 is 10.6 Å². The maximum Gasteiger partial charge on any atom is 0.416 e. The Morgan fingerprint density at radius 3 is 2.26 bits per heavy atom. The number of aryl methyl sites for hydroxylation is 1. The molecule has 0 aliphatic carbocycles. The lowest BCUT2D eigenvalue weighted by Gasteiger charge is -2.13. The number of para-hydroxylation sites is 1. The Balaban J connectivity index is 1.59. The third-order valence-corrected chi connectivity index (χ3v) is 4.65. The van der Waals surface area contributed by atoms with Gasteiger partial charge in [-0.3, -0.25) is 0 Å². The van der Waals surface area contributed by atoms with Gasteiger partial charge in [-0.1, -0.05) is 30.3 Å². The maximum atomic E-state index is 12.8. The Morgan fingerprint density at radius 1 is 0.742 bits per heavy atom. The lowest BCUT2D eigenvalue weighted by Crippen LogP contribution is -2.04. The van der Waals surface area contributed by atoms with Crippen LogP contribution in [-0.2, 0) is 6.18 Å². The van der Waals surface area contributed by atoms with Crippen LogP contribution in [0.1, 0.15) is 11.1 Å². The molecule has 0 spiro atoms. The van der Waals surface area contributed by atoms with Crippen molar-refractivity contribution in [3.8, 4) is 11.3 Å². The minimum absolute atomic E-state index is 0.482. The third kappa shape index (κ3) is 5.01. The predicted octanol–water partition coefficient (Wildman–Crippen LogP) is 6.96. The number of hydrogen-bond acceptors (Lipinski definition) is 4. The first kappa shape index (κ1) is 20.4. The smallest absolute Gasteiger partial charge is 0.355 e. The van der Waals surface area contributed by atoms with Crippen molar-refractivity contribution in [2.75, 3.05) is 10.6 Å². The molecular formula is C24H19F3N4. The van der Waals surface area contributed by atoms with Crippen LogP contribution in [0.5, 0.6) is 0 Å². The summed E-state index contributed by atoms with van der Waals surface area (Å²) in [5.74, 6) is 0.482. The van der Waals surface area contributed by atoms with E-state index in [-0.39, 0.29) is 0 Å². The van der Waals surface area contributed by atoms with E-state index in [4.69, 9.17) is 0 Å². The zero-order valence-corrected chi connectivity index (χ0v) is 16.6. The molecule has 0 saturated heterocycles. The van der Waals surface area contributed by atoms with E-state index in [1.54, 1.807) is 6.07 Å². The van der Waals surface area contributed by atoms with Gasteiger partial charge in [0.15, 0.2) is 0 Å². The zero-order valence-electron chi connectivity index (χ0n) is 16.6. The summed E-state index contributed by atoms with van der Waals surface area (Å²) in [6.07, 6.45) is -2.94. The number of benzene rings is 3. The fourth-order valence-electron chi connectivity index (χ4n) is 3.16. The largest absolute Gasteiger partial charge is 0.416 e. The number of nitrogens with zero attached hydrogens (tertiary/aromatic N) is 2. The second kappa shape index (κ2) is 8.47. The molecule has 0 radical (unpaired) electrons. The number of hydrogen-bond donors (Lipinski definition) is 2. The summed E-state index contributed by atoms with van der Waals surface area (Å²) in [7, 11) is 0. The highest BCUT2D eigenvalue weighted by Gasteiger charge is 2.29. The molecule has 0 aliphatic heterocycles. The van der Waals surface area contributed by atoms with E-state index in [9.17, 15) is 13.2 Å². The van der Waals surface area contributed by atoms with Crippen molar-refractivity contribution < 1.29 is 13.2 Å². The highest BCUT2D eigenvalue weighted by molar-refractivity contribution is 5.80. The van der Waals surface area contributed by atoms with Gasteiger partial charge in [-0.2, -0.15) is 13.2 Å². The van der Waals surface area contributed by atoms with E-state index < -0.39 is 11.7 Å². The first-order valence-electron chi connectivity index (χ1n) is 9.58. The van der Waals surface area contributed by atoms with Gasteiger partial charge in [-0.15, -0.1) is 0 Å². The lowest BCUT2D eigenvalue weighted by atomic mass is 10.1. The monoisotopic (exact) mass is 420 g/mol. The highest BCUT2D eigenvalue weighted by Crippen LogP contribution is 2.32. The molecule has 0 amide bonds. The number of alkyl halides is 3. The van der Waals surface area contributed by atoms with E-state index in [1.807, 2.05) is 55.5 Å². The Kier molecular flexibility index (Phi) is 5.58. The predicted molar refractivity (Wildman–Crippen MR) is 117 cm³/mol. The van der Waals surface area contributed by atoms with Crippen molar-refractivity contribution in [3.63, 3.8) is 0 Å². The minimum Gasteiger partial charge on any atom is -0.355 e. The van der Waals surface area contributed by atoms with Gasteiger partial charge >= 0.3 is 6.18 Å². The van der Waals surface area contributed by atoms with Crippen molar-refractivity contribution in [3.05, 3.63) is 96.3 Å². The van der Waals surface area contributed by atoms with E-state index in [1.165, 1.54) is 18.5 Å². The summed E-state index contributed by atoms with van der Waals surface area (Å²) in [5, 5.41) is 6.44. The van der Waals surface area contributed by atoms with Crippen molar-refractivity contribution in [1.29, 1.82) is 0 Å². The van der Waals surface area contributed by atoms with Gasteiger partial charge in [-0.05, 0) is 55.0 Å². The van der Waals surface area contributed by atoms with Crippen LogP contribution in [0.15, 0.2) is 85.2 Å². The topological polar surface area (TPSA) is 49.8 Å². The van der Waals surface area contributed by atoms with Gasteiger partial charge in [-0.25, -0.2) is 9.97 Å². The van der Waals surface area contributed by atoms with Crippen LogP contribution in [-0.4, -0.2) is 9.97 Å². The fourth-order valence-corrected chi connectivity index (χ4v) is 3.16. The average Bonchev–Trinajstić information content (AvgIpc) is 2.74. The molecule has 0 unspecified atom stereocenters. The number of nitrogens with one attached hydrogen (secondary N) is 2. The molecule has 7 heteroatoms. The van der Waals surface area contributed by atoms with Crippen LogP contribution in [0.4, 0.5) is 36.1 Å². The van der Waals surface area contributed by atoms with Gasteiger partial charge in [0, 0.05) is 28.7 Å². The van der Waals surface area contributed by atoms with Gasteiger partial charge in [0.25, 0.3) is 0 Å². The fraction of sp³-hybridized carbons (Fsp3) is 0.0833. The molecule has 4 aromatic rings. The summed E-state index contributed by atoms with van der Waals surface area (Å²) < 4.78 is 38.3. The molecule has 156 valence electrons. The summed E-state index contributed by atoms with van der Waals surface area (Å²) >= 11 is 0. The second-order valence-electron chi connectivity index (χ2n) is 7.03. The molecule has 1 aromatic heterocycles. The van der Waals surface area contributed by atoms with Crippen LogP contribution in [0, 0.1) is 6.92 Å². The van der Waals surface area contributed by atoms with Crippen molar-refractivity contribution in [2.24, 2.45) is 0 Å². The van der Waals surface area contributed by atoms with E-state index >= 15 is 0 Å². The van der Waals surface area contributed by atoms with Crippen molar-refractivity contribution in [2.45, 2.75) is 13.1 Å². The number of halogens is 3. The molecule has 31 heavy (non-hydrogen) atoms. The molecule has 0 fully saturated rings. The first-order chi connectivity index (χ1) is 14.9. The average molecular weight is 420 g/mol. The lowest BCUT2D eigenvalue weighted by molar-refractivity contribution is -0.137. The van der Waals surface area contributed by atoms with E-state index in [2.05, 4.69) is 20.6 Å². The SMILES string of the molecule is Cc1cccc(Nc2ccccc2-c2cc(Nc3ccc(C(F)(F)F)cc3)ncn2)c1. The number of rotatable bonds is 5. The first-order valence-corrected chi connectivity index (χ1v) is 9.58.